The zero-order valence-electron chi connectivity index (χ0n) is 9.91. The van der Waals surface area contributed by atoms with Gasteiger partial charge >= 0.3 is 0 Å². The Morgan fingerprint density at radius 3 is 2.62 bits per heavy atom. The van der Waals surface area contributed by atoms with Gasteiger partial charge in [0.15, 0.2) is 0 Å². The van der Waals surface area contributed by atoms with E-state index in [-0.39, 0.29) is 5.91 Å². The molecule has 1 aromatic heterocycles. The van der Waals surface area contributed by atoms with Crippen LogP contribution in [-0.4, -0.2) is 41.6 Å². The highest BCUT2D eigenvalue weighted by atomic mass is 16.5. The van der Waals surface area contributed by atoms with E-state index >= 15 is 0 Å². The van der Waals surface area contributed by atoms with E-state index in [1.807, 2.05) is 11.8 Å². The number of hydrogen-bond donors (Lipinski definition) is 1. The lowest BCUT2D eigenvalue weighted by Gasteiger charge is -2.37. The second-order valence-corrected chi connectivity index (χ2v) is 4.10. The molecular weight excluding hydrogens is 206 g/mol. The number of carbonyl (C=O) groups excluding carboxylic acids is 1. The van der Waals surface area contributed by atoms with Crippen LogP contribution in [0.5, 0.6) is 0 Å². The summed E-state index contributed by atoms with van der Waals surface area (Å²) in [6.07, 6.45) is 0. The molecule has 0 radical (unpaired) electrons. The lowest BCUT2D eigenvalue weighted by Crippen LogP contribution is -2.58. The third kappa shape index (κ3) is 1.71. The molecule has 0 unspecified atom stereocenters. The molecule has 1 aliphatic heterocycles. The van der Waals surface area contributed by atoms with Crippen molar-refractivity contribution in [2.75, 3.05) is 19.6 Å². The molecule has 0 bridgehead atoms. The standard InChI is InChI=1S/C11H17N3O2/c1-4-14(9-5-12-6-9)11(15)10-7(2)13-16-8(10)3/h9,12H,4-6H2,1-3H3. The summed E-state index contributed by atoms with van der Waals surface area (Å²) in [5, 5.41) is 6.99. The number of nitrogens with zero attached hydrogens (tertiary/aromatic N) is 2. The summed E-state index contributed by atoms with van der Waals surface area (Å²) in [5.41, 5.74) is 1.29. The maximum absolute atomic E-state index is 12.3. The molecule has 5 heteroatoms. The first-order valence-corrected chi connectivity index (χ1v) is 5.59. The Kier molecular flexibility index (Phi) is 2.96. The number of likely N-dealkylation sites (N-methyl/N-ethyl adjacent to an activating group) is 1. The van der Waals surface area contributed by atoms with Crippen LogP contribution in [0.3, 0.4) is 0 Å². The quantitative estimate of drug-likeness (QED) is 0.820. The van der Waals surface area contributed by atoms with E-state index in [9.17, 15) is 4.79 Å². The summed E-state index contributed by atoms with van der Waals surface area (Å²) < 4.78 is 5.03. The molecule has 2 heterocycles. The van der Waals surface area contributed by atoms with Crippen LogP contribution in [0.25, 0.3) is 0 Å². The van der Waals surface area contributed by atoms with Crippen molar-refractivity contribution in [2.24, 2.45) is 0 Å². The fourth-order valence-corrected chi connectivity index (χ4v) is 1.99. The Labute approximate surface area is 94.8 Å². The van der Waals surface area contributed by atoms with Gasteiger partial charge in [0.1, 0.15) is 11.3 Å². The lowest BCUT2D eigenvalue weighted by atomic mass is 10.1. The van der Waals surface area contributed by atoms with Crippen molar-refractivity contribution in [2.45, 2.75) is 26.8 Å². The Morgan fingerprint density at radius 1 is 1.56 bits per heavy atom. The van der Waals surface area contributed by atoms with Crippen LogP contribution in [0.1, 0.15) is 28.7 Å². The molecule has 88 valence electrons. The van der Waals surface area contributed by atoms with E-state index in [4.69, 9.17) is 4.52 Å². The molecule has 0 aromatic carbocycles. The van der Waals surface area contributed by atoms with Crippen LogP contribution >= 0.6 is 0 Å². The summed E-state index contributed by atoms with van der Waals surface area (Å²) in [6.45, 7) is 8.05. The summed E-state index contributed by atoms with van der Waals surface area (Å²) in [5.74, 6) is 0.637. The molecule has 16 heavy (non-hydrogen) atoms. The monoisotopic (exact) mass is 223 g/mol. The van der Waals surface area contributed by atoms with Crippen molar-refractivity contribution in [1.82, 2.24) is 15.4 Å². The fraction of sp³-hybridized carbons (Fsp3) is 0.636. The smallest absolute Gasteiger partial charge is 0.259 e. The number of amides is 1. The van der Waals surface area contributed by atoms with E-state index in [0.29, 0.717) is 23.1 Å². The van der Waals surface area contributed by atoms with Gasteiger partial charge in [0, 0.05) is 19.6 Å². The third-order valence-electron chi connectivity index (χ3n) is 3.05. The van der Waals surface area contributed by atoms with Gasteiger partial charge in [-0.25, -0.2) is 0 Å². The third-order valence-corrected chi connectivity index (χ3v) is 3.05. The number of carbonyl (C=O) groups is 1. The van der Waals surface area contributed by atoms with Gasteiger partial charge in [0.05, 0.1) is 11.7 Å². The van der Waals surface area contributed by atoms with Crippen LogP contribution in [0, 0.1) is 13.8 Å². The first kappa shape index (κ1) is 11.1. The van der Waals surface area contributed by atoms with Crippen molar-refractivity contribution >= 4 is 5.91 Å². The van der Waals surface area contributed by atoms with Gasteiger partial charge in [-0.05, 0) is 20.8 Å². The highest BCUT2D eigenvalue weighted by Gasteiger charge is 2.30. The van der Waals surface area contributed by atoms with Crippen LogP contribution in [0.2, 0.25) is 0 Å². The first-order valence-electron chi connectivity index (χ1n) is 5.59. The molecule has 5 nitrogen and oxygen atoms in total. The van der Waals surface area contributed by atoms with Crippen molar-refractivity contribution in [1.29, 1.82) is 0 Å². The molecule has 1 aliphatic rings. The molecule has 1 fully saturated rings. The lowest BCUT2D eigenvalue weighted by molar-refractivity contribution is 0.0628. The summed E-state index contributed by atoms with van der Waals surface area (Å²) in [6, 6.07) is 0.311. The molecule has 0 spiro atoms. The largest absolute Gasteiger partial charge is 0.361 e. The SMILES string of the molecule is CCN(C(=O)c1c(C)noc1C)C1CNC1. The van der Waals surface area contributed by atoms with E-state index in [2.05, 4.69) is 10.5 Å². The maximum Gasteiger partial charge on any atom is 0.259 e. The predicted molar refractivity (Wildman–Crippen MR) is 59.3 cm³/mol. The van der Waals surface area contributed by atoms with Crippen LogP contribution in [-0.2, 0) is 0 Å². The highest BCUT2D eigenvalue weighted by Crippen LogP contribution is 2.17. The molecule has 0 saturated carbocycles. The van der Waals surface area contributed by atoms with E-state index in [1.165, 1.54) is 0 Å². The van der Waals surface area contributed by atoms with Gasteiger partial charge in [-0.2, -0.15) is 0 Å². The average molecular weight is 223 g/mol. The molecular formula is C11H17N3O2. The number of hydrogen-bond acceptors (Lipinski definition) is 4. The van der Waals surface area contributed by atoms with E-state index < -0.39 is 0 Å². The second kappa shape index (κ2) is 4.25. The molecule has 1 saturated heterocycles. The second-order valence-electron chi connectivity index (χ2n) is 4.10. The van der Waals surface area contributed by atoms with Gasteiger partial charge in [-0.15, -0.1) is 0 Å². The minimum atomic E-state index is 0.0326. The molecule has 1 N–H and O–H groups in total. The van der Waals surface area contributed by atoms with Gasteiger partial charge < -0.3 is 14.7 Å². The number of rotatable bonds is 3. The normalized spacial score (nSPS) is 15.9. The van der Waals surface area contributed by atoms with Gasteiger partial charge in [0.2, 0.25) is 0 Å². The van der Waals surface area contributed by atoms with Crippen LogP contribution in [0.4, 0.5) is 0 Å². The molecule has 0 aliphatic carbocycles. The van der Waals surface area contributed by atoms with E-state index in [1.54, 1.807) is 13.8 Å². The topological polar surface area (TPSA) is 58.4 Å². The fourth-order valence-electron chi connectivity index (χ4n) is 1.99. The highest BCUT2D eigenvalue weighted by molar-refractivity contribution is 5.96. The molecule has 2 rings (SSSR count). The first-order chi connectivity index (χ1) is 7.65. The summed E-state index contributed by atoms with van der Waals surface area (Å²) >= 11 is 0. The van der Waals surface area contributed by atoms with Gasteiger partial charge in [-0.1, -0.05) is 5.16 Å². The average Bonchev–Trinajstić information content (AvgIpc) is 2.51. The van der Waals surface area contributed by atoms with Crippen LogP contribution in [0.15, 0.2) is 4.52 Å². The minimum absolute atomic E-state index is 0.0326. The summed E-state index contributed by atoms with van der Waals surface area (Å²) in [7, 11) is 0. The van der Waals surface area contributed by atoms with Crippen molar-refractivity contribution in [3.63, 3.8) is 0 Å². The molecule has 1 amide bonds. The number of nitrogens with one attached hydrogen (secondary N) is 1. The predicted octanol–water partition coefficient (Wildman–Crippen LogP) is 0.725. The zero-order chi connectivity index (χ0) is 11.7. The van der Waals surface area contributed by atoms with Crippen molar-refractivity contribution in [3.05, 3.63) is 17.0 Å². The van der Waals surface area contributed by atoms with Gasteiger partial charge in [0.25, 0.3) is 5.91 Å². The maximum atomic E-state index is 12.3. The Hall–Kier alpha value is -1.36. The Bertz CT molecular complexity index is 376. The Morgan fingerprint density at radius 2 is 2.25 bits per heavy atom. The van der Waals surface area contributed by atoms with Crippen LogP contribution < -0.4 is 5.32 Å². The zero-order valence-corrected chi connectivity index (χ0v) is 9.91. The van der Waals surface area contributed by atoms with Gasteiger partial charge in [-0.3, -0.25) is 4.79 Å². The molecule has 1 aromatic rings. The minimum Gasteiger partial charge on any atom is -0.361 e. The summed E-state index contributed by atoms with van der Waals surface area (Å²) in [4.78, 5) is 14.2. The molecule has 0 atom stereocenters. The van der Waals surface area contributed by atoms with Crippen molar-refractivity contribution in [3.8, 4) is 0 Å². The van der Waals surface area contributed by atoms with Crippen molar-refractivity contribution < 1.29 is 9.32 Å². The van der Waals surface area contributed by atoms with E-state index in [0.717, 1.165) is 19.6 Å². The number of aryl methyl sites for hydroxylation is 2. The number of aromatic nitrogens is 1. The Balaban J connectivity index is 2.22.